The fourth-order valence-corrected chi connectivity index (χ4v) is 1.32. The number of allylic oxidation sites excluding steroid dienone is 2. The average molecular weight is 185 g/mol. The van der Waals surface area contributed by atoms with Gasteiger partial charge in [-0.2, -0.15) is 0 Å². The predicted molar refractivity (Wildman–Crippen MR) is 48.9 cm³/mol. The van der Waals surface area contributed by atoms with Crippen LogP contribution in [-0.2, 0) is 4.74 Å². The van der Waals surface area contributed by atoms with Gasteiger partial charge in [-0.1, -0.05) is 6.92 Å². The molecular formula is C9H15NO3. The lowest BCUT2D eigenvalue weighted by Gasteiger charge is -1.90. The highest BCUT2D eigenvalue weighted by atomic mass is 16.6. The molecule has 13 heavy (non-hydrogen) atoms. The van der Waals surface area contributed by atoms with Crippen molar-refractivity contribution in [2.75, 3.05) is 0 Å². The van der Waals surface area contributed by atoms with Crippen LogP contribution in [0.5, 0.6) is 0 Å². The van der Waals surface area contributed by atoms with Crippen molar-refractivity contribution in [1.29, 1.82) is 0 Å². The first-order chi connectivity index (χ1) is 6.15. The van der Waals surface area contributed by atoms with Crippen LogP contribution < -0.4 is 0 Å². The first-order valence-electron chi connectivity index (χ1n) is 4.61. The molecule has 0 N–H and O–H groups in total. The van der Waals surface area contributed by atoms with Crippen LogP contribution in [0.4, 0.5) is 0 Å². The van der Waals surface area contributed by atoms with Crippen molar-refractivity contribution >= 4 is 0 Å². The van der Waals surface area contributed by atoms with E-state index >= 15 is 0 Å². The molecule has 0 aromatic carbocycles. The van der Waals surface area contributed by atoms with E-state index in [9.17, 15) is 10.1 Å². The molecule has 1 rings (SSSR count). The van der Waals surface area contributed by atoms with Gasteiger partial charge in [0.1, 0.15) is 0 Å². The molecule has 1 aliphatic heterocycles. The third-order valence-electron chi connectivity index (χ3n) is 2.27. The summed E-state index contributed by atoms with van der Waals surface area (Å²) in [5, 5.41) is 10.2. The molecule has 4 heteroatoms. The number of ether oxygens (including phenoxy) is 1. The zero-order chi connectivity index (χ0) is 9.84. The molecule has 74 valence electrons. The van der Waals surface area contributed by atoms with E-state index in [1.54, 1.807) is 6.08 Å². The first-order valence-corrected chi connectivity index (χ1v) is 4.61. The number of nitrogens with zero attached hydrogens (tertiary/aromatic N) is 1. The quantitative estimate of drug-likeness (QED) is 0.374. The van der Waals surface area contributed by atoms with Gasteiger partial charge in [-0.15, -0.1) is 0 Å². The molecular weight excluding hydrogens is 170 g/mol. The Labute approximate surface area is 77.7 Å². The Morgan fingerprint density at radius 2 is 2.31 bits per heavy atom. The minimum atomic E-state index is -0.356. The Morgan fingerprint density at radius 1 is 1.62 bits per heavy atom. The molecule has 4 nitrogen and oxygen atoms in total. The summed E-state index contributed by atoms with van der Waals surface area (Å²) in [5.41, 5.74) is 0.230. The van der Waals surface area contributed by atoms with Crippen molar-refractivity contribution in [3.63, 3.8) is 0 Å². The third-order valence-corrected chi connectivity index (χ3v) is 2.27. The topological polar surface area (TPSA) is 55.7 Å². The molecule has 1 aliphatic rings. The van der Waals surface area contributed by atoms with Gasteiger partial charge in [0.25, 0.3) is 0 Å². The summed E-state index contributed by atoms with van der Waals surface area (Å²) >= 11 is 0. The Balaban J connectivity index is 2.14. The molecule has 0 aliphatic carbocycles. The summed E-state index contributed by atoms with van der Waals surface area (Å²) in [6.07, 6.45) is 5.11. The molecule has 0 saturated carbocycles. The van der Waals surface area contributed by atoms with Gasteiger partial charge in [-0.3, -0.25) is 10.1 Å². The Morgan fingerprint density at radius 3 is 2.77 bits per heavy atom. The van der Waals surface area contributed by atoms with Gasteiger partial charge < -0.3 is 4.74 Å². The summed E-state index contributed by atoms with van der Waals surface area (Å²) in [7, 11) is 0. The molecule has 0 aromatic heterocycles. The zero-order valence-electron chi connectivity index (χ0n) is 8.03. The Hall–Kier alpha value is -0.900. The first kappa shape index (κ1) is 10.2. The van der Waals surface area contributed by atoms with Gasteiger partial charge in [0.2, 0.25) is 5.70 Å². The number of hydrogen-bond donors (Lipinski definition) is 0. The lowest BCUT2D eigenvalue weighted by atomic mass is 10.1. The largest absolute Gasteiger partial charge is 0.370 e. The van der Waals surface area contributed by atoms with E-state index in [2.05, 4.69) is 6.92 Å². The van der Waals surface area contributed by atoms with Crippen molar-refractivity contribution in [2.24, 2.45) is 0 Å². The van der Waals surface area contributed by atoms with Crippen LogP contribution in [-0.4, -0.2) is 17.1 Å². The van der Waals surface area contributed by atoms with Crippen molar-refractivity contribution < 1.29 is 9.66 Å². The van der Waals surface area contributed by atoms with Crippen LogP contribution in [0.25, 0.3) is 0 Å². The normalized spacial score (nSPS) is 27.4. The van der Waals surface area contributed by atoms with Gasteiger partial charge >= 0.3 is 0 Å². The van der Waals surface area contributed by atoms with Crippen LogP contribution in [0, 0.1) is 10.1 Å². The summed E-state index contributed by atoms with van der Waals surface area (Å²) in [6.45, 7) is 3.60. The smallest absolute Gasteiger partial charge is 0.239 e. The Bertz CT molecular complexity index is 225. The van der Waals surface area contributed by atoms with Crippen molar-refractivity contribution in [3.05, 3.63) is 21.9 Å². The standard InChI is InChI=1S/C9H15NO3/c1-3-8-9(13-8)6-4-5-7(2)10(11)12/h5,8-9H,3-4,6H2,1-2H3/b7-5+. The second-order valence-corrected chi connectivity index (χ2v) is 3.30. The summed E-state index contributed by atoms with van der Waals surface area (Å²) in [6, 6.07) is 0. The van der Waals surface area contributed by atoms with E-state index < -0.39 is 0 Å². The molecule has 0 aromatic rings. The molecule has 2 atom stereocenters. The molecule has 0 spiro atoms. The van der Waals surface area contributed by atoms with Crippen LogP contribution in [0.3, 0.4) is 0 Å². The fraction of sp³-hybridized carbons (Fsp3) is 0.778. The van der Waals surface area contributed by atoms with Gasteiger partial charge in [-0.05, 0) is 25.3 Å². The second-order valence-electron chi connectivity index (χ2n) is 3.30. The number of nitro groups is 1. The molecule has 0 radical (unpaired) electrons. The predicted octanol–water partition coefficient (Wildman–Crippen LogP) is 2.12. The van der Waals surface area contributed by atoms with Crippen LogP contribution in [0.1, 0.15) is 33.1 Å². The van der Waals surface area contributed by atoms with Gasteiger partial charge in [0, 0.05) is 6.92 Å². The van der Waals surface area contributed by atoms with E-state index in [1.807, 2.05) is 0 Å². The third kappa shape index (κ3) is 3.14. The van der Waals surface area contributed by atoms with E-state index in [0.717, 1.165) is 19.3 Å². The fourth-order valence-electron chi connectivity index (χ4n) is 1.32. The van der Waals surface area contributed by atoms with Gasteiger partial charge in [-0.25, -0.2) is 0 Å². The number of epoxide rings is 1. The van der Waals surface area contributed by atoms with E-state index in [4.69, 9.17) is 4.74 Å². The molecule has 1 heterocycles. The van der Waals surface area contributed by atoms with Crippen molar-refractivity contribution in [1.82, 2.24) is 0 Å². The second kappa shape index (κ2) is 4.37. The maximum absolute atomic E-state index is 10.2. The number of hydrogen-bond acceptors (Lipinski definition) is 3. The van der Waals surface area contributed by atoms with E-state index in [1.165, 1.54) is 6.92 Å². The summed E-state index contributed by atoms with van der Waals surface area (Å²) in [5.74, 6) is 0. The van der Waals surface area contributed by atoms with E-state index in [0.29, 0.717) is 12.2 Å². The molecule has 0 bridgehead atoms. The summed E-state index contributed by atoms with van der Waals surface area (Å²) in [4.78, 5) is 9.86. The van der Waals surface area contributed by atoms with Crippen molar-refractivity contribution in [2.45, 2.75) is 45.3 Å². The summed E-state index contributed by atoms with van der Waals surface area (Å²) < 4.78 is 5.31. The van der Waals surface area contributed by atoms with Crippen LogP contribution in [0.15, 0.2) is 11.8 Å². The maximum atomic E-state index is 10.2. The highest BCUT2D eigenvalue weighted by Crippen LogP contribution is 2.29. The number of rotatable bonds is 5. The molecule has 1 fully saturated rings. The van der Waals surface area contributed by atoms with Crippen molar-refractivity contribution in [3.8, 4) is 0 Å². The van der Waals surface area contributed by atoms with Gasteiger partial charge in [0.05, 0.1) is 17.1 Å². The Kier molecular flexibility index (Phi) is 3.42. The lowest BCUT2D eigenvalue weighted by Crippen LogP contribution is -1.95. The minimum absolute atomic E-state index is 0.230. The zero-order valence-corrected chi connectivity index (χ0v) is 8.03. The maximum Gasteiger partial charge on any atom is 0.239 e. The highest BCUT2D eigenvalue weighted by Gasteiger charge is 2.35. The van der Waals surface area contributed by atoms with E-state index in [-0.39, 0.29) is 10.6 Å². The minimum Gasteiger partial charge on any atom is -0.370 e. The lowest BCUT2D eigenvalue weighted by molar-refractivity contribution is -0.424. The molecule has 2 unspecified atom stereocenters. The van der Waals surface area contributed by atoms with Crippen LogP contribution >= 0.6 is 0 Å². The molecule has 1 saturated heterocycles. The molecule has 0 amide bonds. The average Bonchev–Trinajstić information content (AvgIpc) is 2.83. The monoisotopic (exact) mass is 185 g/mol. The highest BCUT2D eigenvalue weighted by molar-refractivity contribution is 4.91. The van der Waals surface area contributed by atoms with Crippen LogP contribution in [0.2, 0.25) is 0 Å². The SMILES string of the molecule is CCC1OC1CC/C=C(\C)[N+](=O)[O-]. The van der Waals surface area contributed by atoms with Gasteiger partial charge in [0.15, 0.2) is 0 Å².